The quantitative estimate of drug-likeness (QED) is 0.0591. The lowest BCUT2D eigenvalue weighted by molar-refractivity contribution is -0.113. The Bertz CT molecular complexity index is 2030. The van der Waals surface area contributed by atoms with Gasteiger partial charge in [-0.1, -0.05) is 109 Å². The molecule has 1 aromatic carbocycles. The molecule has 0 radical (unpaired) electrons. The lowest BCUT2D eigenvalue weighted by Gasteiger charge is -2.26. The van der Waals surface area contributed by atoms with Crippen molar-refractivity contribution in [2.24, 2.45) is 0 Å². The summed E-state index contributed by atoms with van der Waals surface area (Å²) in [6.07, 6.45) is 14.8. The lowest BCUT2D eigenvalue weighted by Crippen LogP contribution is -2.34. The third-order valence-corrected chi connectivity index (χ3v) is 15.0. The van der Waals surface area contributed by atoms with Gasteiger partial charge in [-0.3, -0.25) is 9.36 Å². The number of aromatic nitrogens is 2. The van der Waals surface area contributed by atoms with Gasteiger partial charge in [0, 0.05) is 0 Å². The van der Waals surface area contributed by atoms with E-state index in [9.17, 15) is 15.0 Å². The summed E-state index contributed by atoms with van der Waals surface area (Å²) < 4.78 is 86.5. The molecule has 0 saturated carbocycles. The molecule has 19 heteroatoms. The number of fused-ring (bicyclic) bond motifs is 1. The van der Waals surface area contributed by atoms with Crippen LogP contribution in [0.25, 0.3) is 10.9 Å². The minimum atomic E-state index is -0.526. The summed E-state index contributed by atoms with van der Waals surface area (Å²) >= 11 is 0. The van der Waals surface area contributed by atoms with Crippen molar-refractivity contribution in [1.82, 2.24) is 9.55 Å². The summed E-state index contributed by atoms with van der Waals surface area (Å²) in [6.45, 7) is 36.9. The molecule has 2 aromatic rings. The zero-order chi connectivity index (χ0) is 65.8. The molecule has 1 heterocycles. The first kappa shape index (κ1) is 82.8. The minimum Gasteiger partial charge on any atom is -0.391 e. The molecule has 0 spiro atoms. The van der Waals surface area contributed by atoms with E-state index in [2.05, 4.69) is 6.92 Å². The first-order chi connectivity index (χ1) is 42.6. The maximum absolute atomic E-state index is 14.5. The van der Waals surface area contributed by atoms with Gasteiger partial charge in [0.1, 0.15) is 11.9 Å². The molecule has 0 aliphatic rings. The summed E-state index contributed by atoms with van der Waals surface area (Å²) in [5, 5.41) is 19.5. The van der Waals surface area contributed by atoms with E-state index in [0.717, 1.165) is 19.3 Å². The molecule has 2 rings (SSSR count). The average molecular weight is 1270 g/mol. The normalized spacial score (nSPS) is 17.7. The molecule has 0 bridgehead atoms. The molecule has 16 unspecified atom stereocenters. The molecule has 1 aromatic heterocycles. The van der Waals surface area contributed by atoms with Gasteiger partial charge in [-0.05, 0) is 122 Å². The number of hydrogen-bond donors (Lipinski definition) is 2. The van der Waals surface area contributed by atoms with E-state index in [-0.39, 0.29) is 98.1 Å². The van der Waals surface area contributed by atoms with Gasteiger partial charge in [-0.15, -0.1) is 0 Å². The molecule has 2 N–H and O–H groups in total. The molecular formula is C70H130N2O17. The van der Waals surface area contributed by atoms with Crippen LogP contribution in [0.2, 0.25) is 0 Å². The molecule has 16 atom stereocenters. The predicted octanol–water partition coefficient (Wildman–Crippen LogP) is 12.4. The van der Waals surface area contributed by atoms with Gasteiger partial charge in [0.2, 0.25) is 0 Å². The van der Waals surface area contributed by atoms with Gasteiger partial charge in [0.25, 0.3) is 5.56 Å². The Hall–Kier alpha value is -2.28. The Kier molecular flexibility index (Phi) is 47.6. The van der Waals surface area contributed by atoms with Crippen LogP contribution in [0.15, 0.2) is 29.1 Å². The fraction of sp³-hybridized carbons (Fsp3) is 0.886. The number of unbranched alkanes of at least 4 members (excludes halogenated alkanes) is 13. The van der Waals surface area contributed by atoms with Gasteiger partial charge < -0.3 is 76.5 Å². The Morgan fingerprint density at radius 1 is 0.348 bits per heavy atom. The van der Waals surface area contributed by atoms with E-state index in [4.69, 9.17) is 71.3 Å². The maximum atomic E-state index is 14.5. The van der Waals surface area contributed by atoms with Crippen LogP contribution >= 0.6 is 0 Å². The van der Waals surface area contributed by atoms with E-state index in [1.165, 1.54) is 70.6 Å². The van der Waals surface area contributed by atoms with Crippen molar-refractivity contribution in [2.45, 2.75) is 311 Å². The smallest absolute Gasteiger partial charge is 0.261 e. The lowest BCUT2D eigenvalue weighted by atomic mass is 10.0. The van der Waals surface area contributed by atoms with Gasteiger partial charge in [-0.2, -0.15) is 0 Å². The zero-order valence-electron chi connectivity index (χ0n) is 58.7. The maximum Gasteiger partial charge on any atom is 0.261 e. The zero-order valence-corrected chi connectivity index (χ0v) is 58.7. The number of nitrogens with zero attached hydrogens (tertiary/aromatic N) is 2. The summed E-state index contributed by atoms with van der Waals surface area (Å²) in [5.74, 6) is 0.599. The highest BCUT2D eigenvalue weighted by atomic mass is 16.6. The molecular weight excluding hydrogens is 1140 g/mol. The highest BCUT2D eigenvalue weighted by Gasteiger charge is 2.25. The number of rotatable bonds is 60. The van der Waals surface area contributed by atoms with Crippen molar-refractivity contribution < 1.29 is 76.5 Å². The Morgan fingerprint density at radius 2 is 0.607 bits per heavy atom. The van der Waals surface area contributed by atoms with Gasteiger partial charge in [0.05, 0.1) is 202 Å². The van der Waals surface area contributed by atoms with Gasteiger partial charge >= 0.3 is 0 Å². The Balaban J connectivity index is 1.90. The second kappa shape index (κ2) is 51.1. The Morgan fingerprint density at radius 3 is 0.910 bits per heavy atom. The number of ether oxygens (including phenoxy) is 14. The van der Waals surface area contributed by atoms with Crippen molar-refractivity contribution in [3.8, 4) is 0 Å². The van der Waals surface area contributed by atoms with Gasteiger partial charge in [0.15, 0.2) is 0 Å². The molecule has 0 aliphatic carbocycles. The molecule has 89 heavy (non-hydrogen) atoms. The van der Waals surface area contributed by atoms with Crippen molar-refractivity contribution in [2.75, 3.05) is 92.5 Å². The van der Waals surface area contributed by atoms with E-state index < -0.39 is 18.3 Å². The minimum absolute atomic E-state index is 0.0993. The summed E-state index contributed by atoms with van der Waals surface area (Å²) in [7, 11) is 0. The molecule has 0 saturated heterocycles. The molecule has 0 amide bonds. The standard InChI is InChI=1S/C70H130N2O17/c1-17-18-19-20-21-22-23-24-25-26-27-28-29-30-35-68(69-71-67-34-32-31-33-66(67)70(75)72(69)36-53(4)78-39-56(7)81-42-57(8)79-40-54(5)76-37-51(2)73)89-50-65(16)88-49-64(15)87-48-63(14)86-47-62(13)85-46-61(12)84-45-60(11)83-44-59(10)82-43-58(9)80-41-55(6)77-38-52(3)74/h31-34,51-65,68,73-74H,17-30,35-50H2,1-16H3. The number of hydrogen-bond acceptors (Lipinski definition) is 18. The van der Waals surface area contributed by atoms with E-state index in [1.807, 2.05) is 114 Å². The van der Waals surface area contributed by atoms with E-state index in [0.29, 0.717) is 109 Å². The van der Waals surface area contributed by atoms with Crippen LogP contribution in [0, 0.1) is 0 Å². The fourth-order valence-corrected chi connectivity index (χ4v) is 9.46. The first-order valence-electron chi connectivity index (χ1n) is 34.5. The Labute approximate surface area is 539 Å². The second-order valence-electron chi connectivity index (χ2n) is 25.7. The monoisotopic (exact) mass is 1270 g/mol. The first-order valence-corrected chi connectivity index (χ1v) is 34.5. The topological polar surface area (TPSA) is 205 Å². The molecule has 522 valence electrons. The van der Waals surface area contributed by atoms with Crippen LogP contribution in [0.5, 0.6) is 0 Å². The van der Waals surface area contributed by atoms with Crippen LogP contribution < -0.4 is 5.56 Å². The molecule has 0 fully saturated rings. The van der Waals surface area contributed by atoms with Crippen LogP contribution in [-0.4, -0.2) is 204 Å². The third-order valence-electron chi connectivity index (χ3n) is 15.0. The number of para-hydroxylation sites is 1. The van der Waals surface area contributed by atoms with Crippen molar-refractivity contribution in [3.63, 3.8) is 0 Å². The highest BCUT2D eigenvalue weighted by Crippen LogP contribution is 2.26. The SMILES string of the molecule is CCCCCCCCCCCCCCCCC(OCC(C)OCC(C)OCC(C)OCC(C)OCC(C)OCC(C)OCC(C)OCC(C)OCC(C)OCC(C)O)c1nc2ccccc2c(=O)n1CC(C)OCC(C)OCC(C)OCC(C)OCC(C)O. The third kappa shape index (κ3) is 42.6. The molecule has 0 aliphatic heterocycles. The fourth-order valence-electron chi connectivity index (χ4n) is 9.46. The van der Waals surface area contributed by atoms with Crippen LogP contribution in [0.4, 0.5) is 0 Å². The average Bonchev–Trinajstić information content (AvgIpc) is 1.28. The summed E-state index contributed by atoms with van der Waals surface area (Å²) in [4.78, 5) is 19.6. The largest absolute Gasteiger partial charge is 0.391 e. The van der Waals surface area contributed by atoms with Crippen molar-refractivity contribution in [3.05, 3.63) is 40.4 Å². The van der Waals surface area contributed by atoms with Crippen molar-refractivity contribution in [1.29, 1.82) is 0 Å². The van der Waals surface area contributed by atoms with Crippen LogP contribution in [0.1, 0.15) is 219 Å². The highest BCUT2D eigenvalue weighted by molar-refractivity contribution is 5.77. The molecule has 19 nitrogen and oxygen atoms in total. The van der Waals surface area contributed by atoms with E-state index in [1.54, 1.807) is 18.4 Å². The second-order valence-corrected chi connectivity index (χ2v) is 25.7. The van der Waals surface area contributed by atoms with E-state index >= 15 is 0 Å². The summed E-state index contributed by atoms with van der Waals surface area (Å²) in [5.41, 5.74) is 0.522. The number of aliphatic hydroxyl groups is 2. The van der Waals surface area contributed by atoms with Crippen LogP contribution in [0.3, 0.4) is 0 Å². The number of benzene rings is 1. The number of aliphatic hydroxyl groups excluding tert-OH is 2. The predicted molar refractivity (Wildman–Crippen MR) is 353 cm³/mol. The summed E-state index contributed by atoms with van der Waals surface area (Å²) in [6, 6.07) is 7.53. The van der Waals surface area contributed by atoms with Gasteiger partial charge in [-0.25, -0.2) is 4.98 Å². The van der Waals surface area contributed by atoms with Crippen molar-refractivity contribution >= 4 is 10.9 Å². The van der Waals surface area contributed by atoms with Crippen LogP contribution in [-0.2, 0) is 72.9 Å².